The fraction of sp³-hybridized carbons (Fsp3) is 0.917. The molecule has 11 unspecified atom stereocenters. The molecule has 0 saturated carbocycles. The van der Waals surface area contributed by atoms with Crippen molar-refractivity contribution in [3.05, 3.63) is 33.1 Å². The monoisotopic (exact) mass is 1480 g/mol. The Balaban J connectivity index is 0.000000482. The zero-order chi connectivity index (χ0) is 65.6. The number of ether oxygens (including phenoxy) is 14. The number of halogens is 1. The Kier molecular flexibility index (Phi) is 42.1. The van der Waals surface area contributed by atoms with Crippen LogP contribution in [0, 0.1) is 0 Å². The van der Waals surface area contributed by atoms with E-state index >= 15 is 0 Å². The largest absolute Gasteiger partial charge is 1.00 e. The van der Waals surface area contributed by atoms with Crippen LogP contribution < -0.4 is 80.2 Å². The third kappa shape index (κ3) is 28.7. The number of nitrogens with zero attached hydrogens (tertiary/aromatic N) is 1. The first-order valence-electron chi connectivity index (χ1n) is 27.4. The second kappa shape index (κ2) is 43.3. The smallest absolute Gasteiger partial charge is 0.756 e. The van der Waals surface area contributed by atoms with Crippen LogP contribution in [0.1, 0.15) is 33.9 Å². The van der Waals surface area contributed by atoms with Crippen LogP contribution in [-0.4, -0.2) is 299 Å². The van der Waals surface area contributed by atoms with Crippen molar-refractivity contribution in [2.75, 3.05) is 121 Å². The van der Waals surface area contributed by atoms with Crippen LogP contribution in [0.25, 0.3) is 0 Å². The van der Waals surface area contributed by atoms with Crippen LogP contribution in [0.15, 0.2) is 21.9 Å². The molecule has 42 heteroatoms. The van der Waals surface area contributed by atoms with Crippen molar-refractivity contribution in [3.8, 4) is 0 Å². The number of phosphoric ester groups is 2. The molecule has 7 rings (SSSR count). The second-order valence-electron chi connectivity index (χ2n) is 20.5. The maximum atomic E-state index is 12.3. The Morgan fingerprint density at radius 2 is 1.11 bits per heavy atom. The van der Waals surface area contributed by atoms with Crippen molar-refractivity contribution < 1.29 is 204 Å². The first-order valence-corrected chi connectivity index (χ1v) is 34.4. The Bertz CT molecular complexity index is 2370. The fourth-order valence-electron chi connectivity index (χ4n) is 8.64. The molecule has 7 heterocycles. The minimum atomic E-state index is -5.90. The summed E-state index contributed by atoms with van der Waals surface area (Å²) in [6.07, 6.45) is -22.3. The number of H-pyrrole nitrogens is 1. The molecule has 6 fully saturated rings. The van der Waals surface area contributed by atoms with Crippen molar-refractivity contribution in [3.63, 3.8) is 0 Å². The van der Waals surface area contributed by atoms with Crippen molar-refractivity contribution in [2.45, 2.75) is 156 Å². The normalized spacial score (nSPS) is 34.4. The summed E-state index contributed by atoms with van der Waals surface area (Å²) in [7, 11) is -6.93. The molecule has 0 aliphatic carbocycles. The van der Waals surface area contributed by atoms with Gasteiger partial charge in [0.05, 0.1) is 84.4 Å². The van der Waals surface area contributed by atoms with Crippen LogP contribution in [0.3, 0.4) is 0 Å². The summed E-state index contributed by atoms with van der Waals surface area (Å²) >= 11 is 10.1. The molecule has 1 aromatic rings. The molecule has 6 aliphatic rings. The van der Waals surface area contributed by atoms with E-state index in [1.807, 2.05) is 32.7 Å². The average Bonchev–Trinajstić information content (AvgIpc) is 1.73. The molecule has 34 nitrogen and oxygen atoms in total. The number of aromatic nitrogens is 2. The van der Waals surface area contributed by atoms with E-state index in [1.54, 1.807) is 14.2 Å². The number of phosphoric acid groups is 2. The number of rotatable bonds is 30. The second-order valence-corrected chi connectivity index (χ2v) is 26.8. The standard InChI is InChI=1S/C20H34N2O18P2S.C12H19BrO5.C11H22O7S.C5H12O2S.2Na/c1-34-4-5-35-6-7-43-9-11-14(25)15(26)17(28)19(38-11)39-42(32,33)40-41(30,31)36-8-10-13(24)16(27)18(37-10)22-3-2-12(23)21-20(22)29;1-11(2)15-7-6(5-13)14-10-9(8(7)16-11)17-12(3,4)18-10;1-16-2-3-17-4-5-19-6-7-8(12)9(13)10(14)11(15)18-7;1-6-2-3-7-4-5-8;;/h2-3,10-11,13-19,24-28H,4-9H2,1H3,(H,30,31)(H,32,33)(H,21,23,29);6-10H,5H2,1-4H3;7-15H,2-6H2,1H3;8H,2-5H2,1H3;;/q;;;;2*+1/p-2/t10-,11?,13+,14+,15+,16+,17?,18?,19?;6?,7-,8-,9?,10+;7?,8-,9-,10?,11?;;;/m100.../s1. The summed E-state index contributed by atoms with van der Waals surface area (Å²) in [4.78, 5) is 49.7. The maximum Gasteiger partial charge on any atom is 1.00 e. The first kappa shape index (κ1) is 87.6. The predicted molar refractivity (Wildman–Crippen MR) is 309 cm³/mol. The molecule has 0 radical (unpaired) electrons. The number of alkyl halides is 1. The molecular weight excluding hydrogens is 1400 g/mol. The zero-order valence-corrected chi connectivity index (χ0v) is 61.2. The van der Waals surface area contributed by atoms with Gasteiger partial charge in [-0.1, -0.05) is 15.9 Å². The van der Waals surface area contributed by atoms with E-state index in [0.717, 1.165) is 18.0 Å². The van der Waals surface area contributed by atoms with Gasteiger partial charge in [0.25, 0.3) is 21.2 Å². The number of thioether (sulfide) groups is 2. The third-order valence-electron chi connectivity index (χ3n) is 12.9. The summed E-state index contributed by atoms with van der Waals surface area (Å²) in [6.45, 7) is 11.2. The Morgan fingerprint density at radius 3 is 1.64 bits per heavy atom. The summed E-state index contributed by atoms with van der Waals surface area (Å²) < 4.78 is 113. The van der Waals surface area contributed by atoms with Gasteiger partial charge in [0.2, 0.25) is 0 Å². The molecule has 0 bridgehead atoms. The van der Waals surface area contributed by atoms with Gasteiger partial charge >= 0.3 is 64.8 Å². The molecule has 6 saturated heterocycles. The number of thiol groups is 1. The van der Waals surface area contributed by atoms with Gasteiger partial charge in [-0.05, 0) is 27.7 Å². The van der Waals surface area contributed by atoms with Gasteiger partial charge in [-0.3, -0.25) is 28.0 Å². The number of hydrogen-bond donors (Lipinski definition) is 11. The Hall–Kier alpha value is 1.55. The van der Waals surface area contributed by atoms with E-state index < -0.39 is 131 Å². The van der Waals surface area contributed by atoms with Crippen LogP contribution in [0.5, 0.6) is 0 Å². The fourth-order valence-corrected chi connectivity index (χ4v) is 13.2. The quantitative estimate of drug-likeness (QED) is 0.0112. The summed E-state index contributed by atoms with van der Waals surface area (Å²) in [5, 5.41) is 89.4. The van der Waals surface area contributed by atoms with Crippen LogP contribution in [-0.2, 0) is 88.8 Å². The maximum absolute atomic E-state index is 12.3. The van der Waals surface area contributed by atoms with E-state index in [-0.39, 0.29) is 95.6 Å². The molecule has 0 aromatic carbocycles. The van der Waals surface area contributed by atoms with Gasteiger partial charge in [0, 0.05) is 67.7 Å². The summed E-state index contributed by atoms with van der Waals surface area (Å²) in [5.74, 6) is 1.04. The minimum Gasteiger partial charge on any atom is -0.756 e. The number of fused-ring (bicyclic) bond motifs is 3. The number of aliphatic hydroxyl groups is 9. The predicted octanol–water partition coefficient (Wildman–Crippen LogP) is -10.1. The minimum absolute atomic E-state index is 0. The van der Waals surface area contributed by atoms with Crippen molar-refractivity contribution >= 4 is 67.7 Å². The first-order chi connectivity index (χ1) is 41.5. The van der Waals surface area contributed by atoms with Gasteiger partial charge in [-0.2, -0.15) is 36.2 Å². The van der Waals surface area contributed by atoms with Crippen LogP contribution in [0.2, 0.25) is 0 Å². The van der Waals surface area contributed by atoms with Crippen LogP contribution in [0.4, 0.5) is 0 Å². The molecular formula is C48H85BrN2Na2O32P2S3. The van der Waals surface area contributed by atoms with Gasteiger partial charge in [0.15, 0.2) is 36.7 Å². The van der Waals surface area contributed by atoms with E-state index in [2.05, 4.69) is 41.9 Å². The molecule has 1 aromatic heterocycles. The van der Waals surface area contributed by atoms with Crippen molar-refractivity contribution in [2.24, 2.45) is 0 Å². The number of aromatic amines is 1. The Labute approximate surface area is 586 Å². The van der Waals surface area contributed by atoms with Gasteiger partial charge in [-0.15, -0.1) is 0 Å². The molecule has 21 atom stereocenters. The number of methoxy groups -OCH3 is 3. The van der Waals surface area contributed by atoms with E-state index in [4.69, 9.17) is 66.3 Å². The SMILES string of the molecule is CC1(C)OC2[C@H](OC(CBr)[C@@H]3OC(C)(C)O[C@H]23)O1.COCCOCCS.COCCOCCSCC1OC(O)C(O)[C@@H](O)[C@H]1O.COCCOCCSCC1OC(OP(=O)([O-])OP(=O)([O-])OC[C@H]2OC(n3ccc(=O)[nH]c3=O)[C@@H](O)[C@H]2O)C(O)[C@@H](O)[C@H]1O.[Na+].[Na+]. The Morgan fingerprint density at radius 1 is 0.611 bits per heavy atom. The average molecular weight is 1490 g/mol. The van der Waals surface area contributed by atoms with Crippen LogP contribution >= 0.6 is 67.7 Å². The number of aliphatic hydroxyl groups excluding tert-OH is 9. The molecule has 90 heavy (non-hydrogen) atoms. The van der Waals surface area contributed by atoms with Gasteiger partial charge in [0.1, 0.15) is 73.2 Å². The number of hydrogen-bond acceptors (Lipinski definition) is 35. The molecule has 516 valence electrons. The topological polar surface area (TPSA) is 474 Å². The molecule has 0 amide bonds. The summed E-state index contributed by atoms with van der Waals surface area (Å²) in [5.41, 5.74) is -1.77. The number of nitrogens with one attached hydrogen (secondary N) is 1. The molecule has 0 spiro atoms. The zero-order valence-electron chi connectivity index (χ0n) is 51.3. The van der Waals surface area contributed by atoms with Crippen molar-refractivity contribution in [1.82, 2.24) is 9.55 Å². The molecule has 10 N–H and O–H groups in total. The van der Waals surface area contributed by atoms with Gasteiger partial charge < -0.3 is 127 Å². The summed E-state index contributed by atoms with van der Waals surface area (Å²) in [6, 6.07) is 0.924. The van der Waals surface area contributed by atoms with E-state index in [9.17, 15) is 74.5 Å². The van der Waals surface area contributed by atoms with Gasteiger partial charge in [-0.25, -0.2) is 9.11 Å². The molecule has 6 aliphatic heterocycles. The van der Waals surface area contributed by atoms with E-state index in [1.165, 1.54) is 30.6 Å². The van der Waals surface area contributed by atoms with Crippen molar-refractivity contribution in [1.29, 1.82) is 0 Å². The third-order valence-corrected chi connectivity index (χ3v) is 18.3. The van der Waals surface area contributed by atoms with E-state index in [0.29, 0.717) is 86.6 Å².